The number of aliphatic hydroxyl groups excluding tert-OH is 1. The minimum atomic E-state index is -1.82. The Morgan fingerprint density at radius 3 is 2.55 bits per heavy atom. The van der Waals surface area contributed by atoms with Gasteiger partial charge in [-0.05, 0) is 36.5 Å². The molecule has 5 heteroatoms. The van der Waals surface area contributed by atoms with Gasteiger partial charge in [0, 0.05) is 25.9 Å². The number of aliphatic hydroxyl groups is 1. The highest BCUT2D eigenvalue weighted by Gasteiger charge is 2.37. The van der Waals surface area contributed by atoms with Gasteiger partial charge in [0.25, 0.3) is 0 Å². The number of rotatable bonds is 6. The number of hydrogen-bond donors (Lipinski definition) is 1. The maximum atomic E-state index is 10.3. The molecule has 124 valence electrons. The summed E-state index contributed by atoms with van der Waals surface area (Å²) in [5.74, 6) is 0. The number of hydrogen-bond acceptors (Lipinski definition) is 4. The number of pyridine rings is 1. The fourth-order valence-corrected chi connectivity index (χ4v) is 2.61. The van der Waals surface area contributed by atoms with E-state index in [0.717, 1.165) is 5.56 Å². The summed E-state index contributed by atoms with van der Waals surface area (Å²) in [6.07, 6.45) is 4.55. The smallest absolute Gasteiger partial charge is 0.192 e. The van der Waals surface area contributed by atoms with E-state index in [2.05, 4.69) is 38.8 Å². The second-order valence-corrected chi connectivity index (χ2v) is 12.2. The molecule has 0 saturated heterocycles. The largest absolute Gasteiger partial charge is 0.412 e. The van der Waals surface area contributed by atoms with Crippen LogP contribution in [0.2, 0.25) is 18.1 Å². The quantitative estimate of drug-likeness (QED) is 0.811. The normalized spacial score (nSPS) is 14.4. The molecule has 0 fully saturated rings. The van der Waals surface area contributed by atoms with Crippen molar-refractivity contribution in [2.45, 2.75) is 51.6 Å². The first-order valence-corrected chi connectivity index (χ1v) is 10.6. The Bertz CT molecular complexity index is 508. The number of aromatic nitrogens is 1. The summed E-state index contributed by atoms with van der Waals surface area (Å²) in [7, 11) is 2.02. The highest BCUT2D eigenvalue weighted by molar-refractivity contribution is 6.74. The second-order valence-electron chi connectivity index (χ2n) is 7.35. The molecular weight excluding hydrogens is 292 g/mol. The lowest BCUT2D eigenvalue weighted by Crippen LogP contribution is -2.40. The molecule has 1 rings (SSSR count). The highest BCUT2D eigenvalue weighted by atomic mass is 28.4. The van der Waals surface area contributed by atoms with Gasteiger partial charge in [0.1, 0.15) is 6.10 Å². The van der Waals surface area contributed by atoms with Crippen LogP contribution in [0.15, 0.2) is 30.6 Å². The lowest BCUT2D eigenvalue weighted by Gasteiger charge is -2.36. The third kappa shape index (κ3) is 5.23. The molecule has 0 bridgehead atoms. The van der Waals surface area contributed by atoms with Crippen molar-refractivity contribution in [3.63, 3.8) is 0 Å². The van der Waals surface area contributed by atoms with E-state index in [0.29, 0.717) is 12.3 Å². The Kier molecular flexibility index (Phi) is 6.34. The van der Waals surface area contributed by atoms with Crippen LogP contribution in [-0.4, -0.2) is 37.4 Å². The minimum absolute atomic E-state index is 0.165. The molecule has 0 aliphatic heterocycles. The molecule has 22 heavy (non-hydrogen) atoms. The van der Waals surface area contributed by atoms with E-state index in [9.17, 15) is 5.11 Å². The Labute approximate surface area is 136 Å². The molecule has 0 radical (unpaired) electrons. The molecule has 0 aliphatic rings. The Morgan fingerprint density at radius 1 is 1.36 bits per heavy atom. The molecule has 1 atom stereocenters. The summed E-state index contributed by atoms with van der Waals surface area (Å²) in [5, 5.41) is 10.5. The molecule has 1 aromatic rings. The van der Waals surface area contributed by atoms with Gasteiger partial charge in [0.2, 0.25) is 0 Å². The topological polar surface area (TPSA) is 45.6 Å². The van der Waals surface area contributed by atoms with Crippen molar-refractivity contribution in [2.75, 3.05) is 14.1 Å². The third-order valence-corrected chi connectivity index (χ3v) is 8.65. The molecule has 1 unspecified atom stereocenters. The number of nitrogens with zero attached hydrogens (tertiary/aromatic N) is 2. The van der Waals surface area contributed by atoms with Crippen molar-refractivity contribution in [2.24, 2.45) is 0 Å². The zero-order valence-electron chi connectivity index (χ0n) is 14.9. The van der Waals surface area contributed by atoms with Crippen LogP contribution in [0.1, 0.15) is 38.1 Å². The molecule has 1 heterocycles. The molecular formula is C17H30N2O2Si. The van der Waals surface area contributed by atoms with Crippen LogP contribution in [-0.2, 0) is 11.0 Å². The second kappa shape index (κ2) is 7.40. The average molecular weight is 323 g/mol. The fraction of sp³-hybridized carbons (Fsp3) is 0.588. The standard InChI is InChI=1S/C17H30N2O2Si/c1-17(2,3)22(6,7)21-13-14-9-8-11-18-16(14)15(20)10-12-19(4)5/h8-12,15,20H,13H2,1-7H3/b12-10+. The molecule has 4 nitrogen and oxygen atoms in total. The first-order valence-electron chi connectivity index (χ1n) is 7.65. The van der Waals surface area contributed by atoms with Crippen LogP contribution >= 0.6 is 0 Å². The molecule has 0 aromatic carbocycles. The summed E-state index contributed by atoms with van der Waals surface area (Å²) in [5.41, 5.74) is 1.61. The van der Waals surface area contributed by atoms with Crippen molar-refractivity contribution < 1.29 is 9.53 Å². The minimum Gasteiger partial charge on any atom is -0.412 e. The van der Waals surface area contributed by atoms with Crippen LogP contribution in [0, 0.1) is 0 Å². The van der Waals surface area contributed by atoms with E-state index < -0.39 is 14.4 Å². The van der Waals surface area contributed by atoms with E-state index in [-0.39, 0.29) is 5.04 Å². The SMILES string of the molecule is CN(C)/C=C/C(O)c1ncccc1CO[Si](C)(C)C(C)(C)C. The van der Waals surface area contributed by atoms with Crippen molar-refractivity contribution in [1.82, 2.24) is 9.88 Å². The van der Waals surface area contributed by atoms with Gasteiger partial charge in [-0.3, -0.25) is 4.98 Å². The summed E-state index contributed by atoms with van der Waals surface area (Å²) >= 11 is 0. The zero-order valence-corrected chi connectivity index (χ0v) is 15.9. The van der Waals surface area contributed by atoms with Crippen LogP contribution < -0.4 is 0 Å². The van der Waals surface area contributed by atoms with Gasteiger partial charge >= 0.3 is 0 Å². The van der Waals surface area contributed by atoms with Crippen molar-refractivity contribution in [1.29, 1.82) is 0 Å². The van der Waals surface area contributed by atoms with Gasteiger partial charge in [0.15, 0.2) is 8.32 Å². The maximum absolute atomic E-state index is 10.3. The van der Waals surface area contributed by atoms with Crippen molar-refractivity contribution >= 4 is 8.32 Å². The maximum Gasteiger partial charge on any atom is 0.192 e. The van der Waals surface area contributed by atoms with Crippen LogP contribution in [0.5, 0.6) is 0 Å². The first kappa shape index (κ1) is 18.9. The Morgan fingerprint density at radius 2 is 2.00 bits per heavy atom. The molecule has 1 N–H and O–H groups in total. The van der Waals surface area contributed by atoms with E-state index in [1.807, 2.05) is 37.3 Å². The van der Waals surface area contributed by atoms with Crippen LogP contribution in [0.4, 0.5) is 0 Å². The predicted molar refractivity (Wildman–Crippen MR) is 94.0 cm³/mol. The lowest BCUT2D eigenvalue weighted by molar-refractivity contribution is 0.214. The van der Waals surface area contributed by atoms with Crippen molar-refractivity contribution in [3.05, 3.63) is 41.9 Å². The Balaban J connectivity index is 2.89. The van der Waals surface area contributed by atoms with Gasteiger partial charge < -0.3 is 14.4 Å². The summed E-state index contributed by atoms with van der Waals surface area (Å²) < 4.78 is 6.25. The zero-order chi connectivity index (χ0) is 17.0. The van der Waals surface area contributed by atoms with Gasteiger partial charge in [-0.2, -0.15) is 0 Å². The third-order valence-electron chi connectivity index (χ3n) is 4.17. The van der Waals surface area contributed by atoms with Crippen LogP contribution in [0.3, 0.4) is 0 Å². The molecule has 0 amide bonds. The first-order chi connectivity index (χ1) is 10.0. The highest BCUT2D eigenvalue weighted by Crippen LogP contribution is 2.37. The van der Waals surface area contributed by atoms with E-state index in [1.165, 1.54) is 0 Å². The summed E-state index contributed by atoms with van der Waals surface area (Å²) in [6.45, 7) is 11.6. The summed E-state index contributed by atoms with van der Waals surface area (Å²) in [6, 6.07) is 3.86. The molecule has 0 spiro atoms. The van der Waals surface area contributed by atoms with Gasteiger partial charge in [-0.15, -0.1) is 0 Å². The monoisotopic (exact) mass is 322 g/mol. The van der Waals surface area contributed by atoms with Crippen LogP contribution in [0.25, 0.3) is 0 Å². The molecule has 1 aromatic heterocycles. The van der Waals surface area contributed by atoms with E-state index >= 15 is 0 Å². The van der Waals surface area contributed by atoms with Crippen molar-refractivity contribution in [3.8, 4) is 0 Å². The molecule has 0 saturated carbocycles. The average Bonchev–Trinajstić information content (AvgIpc) is 2.41. The Hall–Kier alpha value is -1.17. The molecule has 0 aliphatic carbocycles. The summed E-state index contributed by atoms with van der Waals surface area (Å²) in [4.78, 5) is 6.22. The lowest BCUT2D eigenvalue weighted by atomic mass is 10.1. The van der Waals surface area contributed by atoms with Gasteiger partial charge in [-0.25, -0.2) is 0 Å². The van der Waals surface area contributed by atoms with E-state index in [1.54, 1.807) is 12.3 Å². The fourth-order valence-electron chi connectivity index (χ4n) is 1.66. The predicted octanol–water partition coefficient (Wildman–Crippen LogP) is 3.71. The van der Waals surface area contributed by atoms with Gasteiger partial charge in [0.05, 0.1) is 12.3 Å². The van der Waals surface area contributed by atoms with Gasteiger partial charge in [-0.1, -0.05) is 26.8 Å². The van der Waals surface area contributed by atoms with E-state index in [4.69, 9.17) is 4.43 Å².